The molecule has 1 N–H and O–H groups in total. The normalized spacial score (nSPS) is 11.5. The number of amides is 1. The summed E-state index contributed by atoms with van der Waals surface area (Å²) in [6, 6.07) is 8.67. The van der Waals surface area contributed by atoms with E-state index in [1.54, 1.807) is 0 Å². The monoisotopic (exact) mass is 399 g/mol. The van der Waals surface area contributed by atoms with Crippen LogP contribution in [0.15, 0.2) is 36.4 Å². The van der Waals surface area contributed by atoms with Crippen LogP contribution < -0.4 is 5.32 Å². The van der Waals surface area contributed by atoms with Crippen LogP contribution >= 0.6 is 34.8 Å². The number of halogens is 3. The van der Waals surface area contributed by atoms with E-state index in [0.717, 1.165) is 0 Å². The highest BCUT2D eigenvalue weighted by molar-refractivity contribution is 6.42. The topological polar surface area (TPSA) is 72.5 Å². The summed E-state index contributed by atoms with van der Waals surface area (Å²) in [7, 11) is 0. The molecule has 1 amide bonds. The van der Waals surface area contributed by atoms with Crippen molar-refractivity contribution in [1.82, 2.24) is 0 Å². The van der Waals surface area contributed by atoms with Gasteiger partial charge in [0.15, 0.2) is 6.10 Å². The van der Waals surface area contributed by atoms with Gasteiger partial charge in [-0.25, -0.2) is 4.79 Å². The molecule has 0 heterocycles. The minimum Gasteiger partial charge on any atom is -0.449 e. The van der Waals surface area contributed by atoms with Crippen molar-refractivity contribution in [3.8, 4) is 0 Å². The molecular formula is C17H12Cl3NO4. The van der Waals surface area contributed by atoms with Crippen LogP contribution in [-0.4, -0.2) is 24.3 Å². The van der Waals surface area contributed by atoms with E-state index in [1.807, 2.05) is 0 Å². The van der Waals surface area contributed by atoms with Gasteiger partial charge in [0.1, 0.15) is 6.29 Å². The molecule has 0 aliphatic rings. The molecule has 1 atom stereocenters. The molecule has 2 aromatic rings. The number of benzene rings is 2. The van der Waals surface area contributed by atoms with Gasteiger partial charge in [0, 0.05) is 10.6 Å². The molecule has 5 nitrogen and oxygen atoms in total. The molecule has 0 aliphatic heterocycles. The largest absolute Gasteiger partial charge is 0.449 e. The molecule has 0 spiro atoms. The van der Waals surface area contributed by atoms with E-state index in [9.17, 15) is 14.4 Å². The van der Waals surface area contributed by atoms with E-state index in [0.29, 0.717) is 16.9 Å². The predicted octanol–water partition coefficient (Wildman–Crippen LogP) is 4.64. The fourth-order valence-electron chi connectivity index (χ4n) is 1.87. The lowest BCUT2D eigenvalue weighted by atomic mass is 10.1. The quantitative estimate of drug-likeness (QED) is 0.586. The first-order valence-electron chi connectivity index (χ1n) is 7.03. The Hall–Kier alpha value is -2.08. The Kier molecular flexibility index (Phi) is 6.42. The third-order valence-electron chi connectivity index (χ3n) is 3.19. The number of esters is 1. The molecule has 0 saturated carbocycles. The first-order chi connectivity index (χ1) is 11.8. The second-order valence-corrected chi connectivity index (χ2v) is 6.27. The van der Waals surface area contributed by atoms with E-state index in [4.69, 9.17) is 39.5 Å². The minimum absolute atomic E-state index is 0.161. The standard InChI is InChI=1S/C17H12Cl3NO4/c1-9(25-17(24)11-4-2-10(8-22)3-5-11)16(23)21-15-13(19)6-12(18)7-14(15)20/h2-9H,1H3,(H,21,23)/t9-/m1/s1. The summed E-state index contributed by atoms with van der Waals surface area (Å²) in [5.41, 5.74) is 0.818. The van der Waals surface area contributed by atoms with Crippen molar-refractivity contribution >= 4 is 58.7 Å². The molecule has 2 aromatic carbocycles. The van der Waals surface area contributed by atoms with E-state index >= 15 is 0 Å². The predicted molar refractivity (Wildman–Crippen MR) is 96.8 cm³/mol. The maximum Gasteiger partial charge on any atom is 0.338 e. The third-order valence-corrected chi connectivity index (χ3v) is 4.00. The van der Waals surface area contributed by atoms with Gasteiger partial charge in [0.25, 0.3) is 5.91 Å². The van der Waals surface area contributed by atoms with E-state index in [2.05, 4.69) is 5.32 Å². The molecule has 2 rings (SSSR count). The lowest BCUT2D eigenvalue weighted by Gasteiger charge is -2.15. The van der Waals surface area contributed by atoms with Crippen LogP contribution in [0.5, 0.6) is 0 Å². The van der Waals surface area contributed by atoms with Gasteiger partial charge in [-0.2, -0.15) is 0 Å². The van der Waals surface area contributed by atoms with Crippen LogP contribution in [0.3, 0.4) is 0 Å². The number of aldehydes is 1. The molecule has 0 fully saturated rings. The summed E-state index contributed by atoms with van der Waals surface area (Å²) < 4.78 is 5.10. The van der Waals surface area contributed by atoms with Gasteiger partial charge in [-0.15, -0.1) is 0 Å². The lowest BCUT2D eigenvalue weighted by molar-refractivity contribution is -0.123. The zero-order chi connectivity index (χ0) is 18.6. The van der Waals surface area contributed by atoms with E-state index < -0.39 is 18.0 Å². The van der Waals surface area contributed by atoms with Crippen molar-refractivity contribution in [2.45, 2.75) is 13.0 Å². The molecule has 8 heteroatoms. The van der Waals surface area contributed by atoms with Crippen LogP contribution in [0.1, 0.15) is 27.6 Å². The number of carbonyl (C=O) groups excluding carboxylic acids is 3. The SMILES string of the molecule is C[C@@H](OC(=O)c1ccc(C=O)cc1)C(=O)Nc1c(Cl)cc(Cl)cc1Cl. The summed E-state index contributed by atoms with van der Waals surface area (Å²) in [6.07, 6.45) is -0.439. The van der Waals surface area contributed by atoms with Crippen molar-refractivity contribution in [2.24, 2.45) is 0 Å². The molecular weight excluding hydrogens is 389 g/mol. The highest BCUT2D eigenvalue weighted by Crippen LogP contribution is 2.33. The Bertz CT molecular complexity index is 798. The third kappa shape index (κ3) is 4.95. The number of nitrogens with one attached hydrogen (secondary N) is 1. The maximum absolute atomic E-state index is 12.2. The molecule has 0 radical (unpaired) electrons. The van der Waals surface area contributed by atoms with Gasteiger partial charge in [-0.05, 0) is 31.2 Å². The molecule has 25 heavy (non-hydrogen) atoms. The Balaban J connectivity index is 2.04. The van der Waals surface area contributed by atoms with Crippen LogP contribution in [0.25, 0.3) is 0 Å². The van der Waals surface area contributed by atoms with Gasteiger partial charge in [0.05, 0.1) is 21.3 Å². The number of rotatable bonds is 5. The summed E-state index contributed by atoms with van der Waals surface area (Å²) in [4.78, 5) is 34.8. The lowest BCUT2D eigenvalue weighted by Crippen LogP contribution is -2.30. The summed E-state index contributed by atoms with van der Waals surface area (Å²) >= 11 is 17.8. The summed E-state index contributed by atoms with van der Waals surface area (Å²) in [5, 5.41) is 3.14. The Morgan fingerprint density at radius 2 is 1.64 bits per heavy atom. The molecule has 0 unspecified atom stereocenters. The first-order valence-corrected chi connectivity index (χ1v) is 8.17. The zero-order valence-electron chi connectivity index (χ0n) is 12.9. The summed E-state index contributed by atoms with van der Waals surface area (Å²) in [6.45, 7) is 1.41. The molecule has 0 bridgehead atoms. The van der Waals surface area contributed by atoms with Gasteiger partial charge >= 0.3 is 5.97 Å². The van der Waals surface area contributed by atoms with Crippen molar-refractivity contribution in [1.29, 1.82) is 0 Å². The fourth-order valence-corrected chi connectivity index (χ4v) is 2.78. The number of hydrogen-bond acceptors (Lipinski definition) is 4. The highest BCUT2D eigenvalue weighted by atomic mass is 35.5. The van der Waals surface area contributed by atoms with Crippen LogP contribution in [0.4, 0.5) is 5.69 Å². The number of carbonyl (C=O) groups is 3. The molecule has 0 aliphatic carbocycles. The van der Waals surface area contributed by atoms with Gasteiger partial charge in [0.2, 0.25) is 0 Å². The molecule has 0 aromatic heterocycles. The number of anilines is 1. The van der Waals surface area contributed by atoms with Crippen molar-refractivity contribution in [2.75, 3.05) is 5.32 Å². The van der Waals surface area contributed by atoms with Crippen molar-refractivity contribution in [3.05, 3.63) is 62.6 Å². The maximum atomic E-state index is 12.2. The minimum atomic E-state index is -1.10. The second-order valence-electron chi connectivity index (χ2n) is 5.02. The number of ether oxygens (including phenoxy) is 1. The first kappa shape index (κ1) is 19.2. The molecule has 130 valence electrons. The second kappa shape index (κ2) is 8.34. The average Bonchev–Trinajstić information content (AvgIpc) is 2.57. The van der Waals surface area contributed by atoms with Crippen LogP contribution in [0, 0.1) is 0 Å². The summed E-state index contributed by atoms with van der Waals surface area (Å²) in [5.74, 6) is -1.31. The Morgan fingerprint density at radius 3 is 2.16 bits per heavy atom. The Morgan fingerprint density at radius 1 is 1.08 bits per heavy atom. The van der Waals surface area contributed by atoms with Crippen LogP contribution in [-0.2, 0) is 9.53 Å². The van der Waals surface area contributed by atoms with Crippen molar-refractivity contribution in [3.63, 3.8) is 0 Å². The fraction of sp³-hybridized carbons (Fsp3) is 0.118. The van der Waals surface area contributed by atoms with E-state index in [1.165, 1.54) is 43.3 Å². The van der Waals surface area contributed by atoms with Crippen molar-refractivity contribution < 1.29 is 19.1 Å². The smallest absolute Gasteiger partial charge is 0.338 e. The van der Waals surface area contributed by atoms with E-state index in [-0.39, 0.29) is 21.3 Å². The highest BCUT2D eigenvalue weighted by Gasteiger charge is 2.21. The van der Waals surface area contributed by atoms with Crippen LogP contribution in [0.2, 0.25) is 15.1 Å². The van der Waals surface area contributed by atoms with Gasteiger partial charge in [-0.3, -0.25) is 9.59 Å². The molecule has 0 saturated heterocycles. The zero-order valence-corrected chi connectivity index (χ0v) is 15.2. The Labute approximate surface area is 158 Å². The number of hydrogen-bond donors (Lipinski definition) is 1. The average molecular weight is 401 g/mol. The van der Waals surface area contributed by atoms with Gasteiger partial charge in [-0.1, -0.05) is 46.9 Å². The van der Waals surface area contributed by atoms with Gasteiger partial charge < -0.3 is 10.1 Å².